The largest absolute Gasteiger partial charge is 0.497 e. The van der Waals surface area contributed by atoms with Crippen LogP contribution in [-0.4, -0.2) is 40.8 Å². The number of carbonyl (C=O) groups excluding carboxylic acids is 2. The SMILES string of the molecule is CNC(=O)C(CC(=O)NC1C2CC3CC(C2)CC1C3)(NS(=O)O)c1ccc(OC)cc1. The molecule has 4 aliphatic carbocycles. The lowest BCUT2D eigenvalue weighted by atomic mass is 9.54. The van der Waals surface area contributed by atoms with Gasteiger partial charge < -0.3 is 15.4 Å². The average molecular weight is 450 g/mol. The Morgan fingerprint density at radius 2 is 1.68 bits per heavy atom. The van der Waals surface area contributed by atoms with Gasteiger partial charge in [0.25, 0.3) is 0 Å². The first kappa shape index (κ1) is 22.2. The van der Waals surface area contributed by atoms with Gasteiger partial charge in [0, 0.05) is 13.1 Å². The van der Waals surface area contributed by atoms with Gasteiger partial charge >= 0.3 is 0 Å². The first-order valence-electron chi connectivity index (χ1n) is 10.9. The molecule has 4 N–H and O–H groups in total. The molecule has 0 spiro atoms. The zero-order valence-electron chi connectivity index (χ0n) is 17.9. The van der Waals surface area contributed by atoms with Crippen molar-refractivity contribution in [1.82, 2.24) is 15.4 Å². The maximum Gasteiger partial charge on any atom is 0.246 e. The van der Waals surface area contributed by atoms with Crippen molar-refractivity contribution in [1.29, 1.82) is 0 Å². The van der Waals surface area contributed by atoms with E-state index in [1.807, 2.05) is 0 Å². The van der Waals surface area contributed by atoms with Gasteiger partial charge in [-0.15, -0.1) is 0 Å². The Labute approximate surface area is 185 Å². The number of methoxy groups -OCH3 is 1. The van der Waals surface area contributed by atoms with E-state index in [-0.39, 0.29) is 18.4 Å². The third-order valence-corrected chi connectivity index (χ3v) is 7.96. The predicted octanol–water partition coefficient (Wildman–Crippen LogP) is 1.69. The molecule has 0 aromatic heterocycles. The minimum absolute atomic E-state index is 0.123. The summed E-state index contributed by atoms with van der Waals surface area (Å²) in [5.74, 6) is 2.30. The van der Waals surface area contributed by atoms with Crippen LogP contribution in [0.5, 0.6) is 5.75 Å². The summed E-state index contributed by atoms with van der Waals surface area (Å²) in [6, 6.07) is 6.70. The molecule has 2 atom stereocenters. The van der Waals surface area contributed by atoms with Crippen LogP contribution in [0.3, 0.4) is 0 Å². The first-order chi connectivity index (χ1) is 14.8. The molecule has 9 heteroatoms. The van der Waals surface area contributed by atoms with Crippen LogP contribution in [0.1, 0.15) is 44.1 Å². The van der Waals surface area contributed by atoms with E-state index in [0.717, 1.165) is 37.5 Å². The van der Waals surface area contributed by atoms with Gasteiger partial charge in [0.1, 0.15) is 11.3 Å². The van der Waals surface area contributed by atoms with E-state index in [2.05, 4.69) is 15.4 Å². The Bertz CT molecular complexity index is 833. The molecular formula is C22H31N3O5S. The highest BCUT2D eigenvalue weighted by Crippen LogP contribution is 2.53. The number of nitrogens with one attached hydrogen (secondary N) is 3. The molecule has 31 heavy (non-hydrogen) atoms. The van der Waals surface area contributed by atoms with E-state index >= 15 is 0 Å². The summed E-state index contributed by atoms with van der Waals surface area (Å²) in [5, 5.41) is 5.74. The molecule has 0 heterocycles. The molecule has 1 aromatic carbocycles. The van der Waals surface area contributed by atoms with E-state index in [1.165, 1.54) is 20.6 Å². The quantitative estimate of drug-likeness (QED) is 0.451. The second-order valence-corrected chi connectivity index (χ2v) is 9.97. The maximum atomic E-state index is 13.2. The predicted molar refractivity (Wildman–Crippen MR) is 116 cm³/mol. The van der Waals surface area contributed by atoms with Gasteiger partial charge in [-0.25, -0.2) is 4.21 Å². The molecule has 4 aliphatic rings. The Kier molecular flexibility index (Phi) is 6.37. The summed E-state index contributed by atoms with van der Waals surface area (Å²) in [6.07, 6.45) is 5.70. The monoisotopic (exact) mass is 449 g/mol. The van der Waals surface area contributed by atoms with Crippen LogP contribution in [-0.2, 0) is 26.4 Å². The fourth-order valence-electron chi connectivity index (χ4n) is 6.33. The van der Waals surface area contributed by atoms with E-state index in [0.29, 0.717) is 23.1 Å². The number of rotatable bonds is 8. The van der Waals surface area contributed by atoms with Crippen molar-refractivity contribution < 1.29 is 23.1 Å². The average Bonchev–Trinajstić information content (AvgIpc) is 2.74. The molecule has 2 amide bonds. The summed E-state index contributed by atoms with van der Waals surface area (Å²) >= 11 is -2.51. The van der Waals surface area contributed by atoms with Crippen LogP contribution in [0.25, 0.3) is 0 Å². The summed E-state index contributed by atoms with van der Waals surface area (Å²) in [5.41, 5.74) is -1.27. The van der Waals surface area contributed by atoms with Gasteiger partial charge in [-0.2, -0.15) is 4.72 Å². The molecule has 1 aromatic rings. The molecule has 0 radical (unpaired) electrons. The fraction of sp³-hybridized carbons (Fsp3) is 0.636. The smallest absolute Gasteiger partial charge is 0.246 e. The van der Waals surface area contributed by atoms with Gasteiger partial charge in [0.05, 0.1) is 13.5 Å². The van der Waals surface area contributed by atoms with E-state index in [1.54, 1.807) is 24.3 Å². The second-order valence-electron chi connectivity index (χ2n) is 9.26. The number of carbonyl (C=O) groups is 2. The van der Waals surface area contributed by atoms with Gasteiger partial charge in [-0.3, -0.25) is 14.1 Å². The molecule has 8 nitrogen and oxygen atoms in total. The minimum Gasteiger partial charge on any atom is -0.497 e. The molecular weight excluding hydrogens is 418 g/mol. The highest BCUT2D eigenvalue weighted by atomic mass is 32.2. The van der Waals surface area contributed by atoms with Crippen LogP contribution < -0.4 is 20.1 Å². The maximum absolute atomic E-state index is 13.2. The van der Waals surface area contributed by atoms with Gasteiger partial charge in [-0.1, -0.05) is 12.1 Å². The third-order valence-electron chi connectivity index (χ3n) is 7.44. The molecule has 2 unspecified atom stereocenters. The van der Waals surface area contributed by atoms with Crippen molar-refractivity contribution in [2.24, 2.45) is 23.7 Å². The zero-order valence-corrected chi connectivity index (χ0v) is 18.7. The number of benzene rings is 1. The van der Waals surface area contributed by atoms with Gasteiger partial charge in [-0.05, 0) is 73.5 Å². The topological polar surface area (TPSA) is 117 Å². The number of hydrogen-bond acceptors (Lipinski definition) is 4. The van der Waals surface area contributed by atoms with Crippen molar-refractivity contribution in [3.05, 3.63) is 29.8 Å². The van der Waals surface area contributed by atoms with Crippen LogP contribution in [0, 0.1) is 23.7 Å². The van der Waals surface area contributed by atoms with E-state index in [9.17, 15) is 18.4 Å². The van der Waals surface area contributed by atoms with Crippen LogP contribution in [0.4, 0.5) is 0 Å². The lowest BCUT2D eigenvalue weighted by molar-refractivity contribution is -0.134. The lowest BCUT2D eigenvalue weighted by Gasteiger charge is -2.54. The summed E-state index contributed by atoms with van der Waals surface area (Å²) in [6.45, 7) is 0. The summed E-state index contributed by atoms with van der Waals surface area (Å²) in [7, 11) is 2.97. The summed E-state index contributed by atoms with van der Waals surface area (Å²) < 4.78 is 29.0. The molecule has 5 rings (SSSR count). The van der Waals surface area contributed by atoms with Crippen molar-refractivity contribution in [2.45, 2.75) is 50.1 Å². The van der Waals surface area contributed by atoms with Crippen molar-refractivity contribution in [2.75, 3.05) is 14.2 Å². The number of likely N-dealkylation sites (N-methyl/N-ethyl adjacent to an activating group) is 1. The molecule has 0 aliphatic heterocycles. The first-order valence-corrected chi connectivity index (χ1v) is 12.0. The summed E-state index contributed by atoms with van der Waals surface area (Å²) in [4.78, 5) is 26.2. The van der Waals surface area contributed by atoms with Crippen molar-refractivity contribution in [3.8, 4) is 5.75 Å². The molecule has 4 fully saturated rings. The van der Waals surface area contributed by atoms with Crippen LogP contribution in [0.15, 0.2) is 24.3 Å². The van der Waals surface area contributed by atoms with E-state index < -0.39 is 22.7 Å². The molecule has 4 bridgehead atoms. The minimum atomic E-state index is -2.51. The lowest BCUT2D eigenvalue weighted by Crippen LogP contribution is -2.59. The highest BCUT2D eigenvalue weighted by molar-refractivity contribution is 7.77. The van der Waals surface area contributed by atoms with Gasteiger partial charge in [0.15, 0.2) is 0 Å². The molecule has 4 saturated carbocycles. The fourth-order valence-corrected chi connectivity index (χ4v) is 6.91. The van der Waals surface area contributed by atoms with Crippen molar-refractivity contribution >= 4 is 23.1 Å². The zero-order chi connectivity index (χ0) is 22.2. The van der Waals surface area contributed by atoms with Gasteiger partial charge in [0.2, 0.25) is 23.1 Å². The Morgan fingerprint density at radius 3 is 2.16 bits per heavy atom. The van der Waals surface area contributed by atoms with Crippen LogP contribution >= 0.6 is 0 Å². The second kappa shape index (κ2) is 8.88. The molecule has 0 saturated heterocycles. The third kappa shape index (κ3) is 4.36. The Balaban J connectivity index is 1.58. The number of amides is 2. The number of hydrogen-bond donors (Lipinski definition) is 4. The van der Waals surface area contributed by atoms with Crippen LogP contribution in [0.2, 0.25) is 0 Å². The van der Waals surface area contributed by atoms with Crippen molar-refractivity contribution in [3.63, 3.8) is 0 Å². The highest BCUT2D eigenvalue weighted by Gasteiger charge is 2.50. The normalized spacial score (nSPS) is 31.5. The Morgan fingerprint density at radius 1 is 1.10 bits per heavy atom. The standard InChI is InChI=1S/C22H31N3O5S/c1-23-21(27)22(25-31(28)29,17-3-5-18(30-2)6-4-17)12-19(26)24-20-15-8-13-7-14(10-15)11-16(20)9-13/h3-6,13-16,20,25H,7-12H2,1-2H3,(H,23,27)(H,24,26)(H,28,29). The number of ether oxygens (including phenoxy) is 1. The van der Waals surface area contributed by atoms with E-state index in [4.69, 9.17) is 4.74 Å². The Hall–Kier alpha value is -1.97. The molecule has 170 valence electrons.